The van der Waals surface area contributed by atoms with Crippen molar-refractivity contribution in [3.8, 4) is 0 Å². The SMILES string of the molecule is CCCCc1ccc(C(C)NCC(O)C(F)F)cc1. The van der Waals surface area contributed by atoms with Crippen LogP contribution in [-0.2, 0) is 6.42 Å². The van der Waals surface area contributed by atoms with E-state index in [1.807, 2.05) is 19.1 Å². The summed E-state index contributed by atoms with van der Waals surface area (Å²) in [7, 11) is 0. The Kier molecular flexibility index (Phi) is 6.95. The summed E-state index contributed by atoms with van der Waals surface area (Å²) in [6.07, 6.45) is -0.885. The average molecular weight is 271 g/mol. The lowest BCUT2D eigenvalue weighted by atomic mass is 10.0. The topological polar surface area (TPSA) is 32.3 Å². The molecule has 1 aromatic rings. The Balaban J connectivity index is 2.46. The molecule has 0 saturated heterocycles. The molecule has 2 atom stereocenters. The lowest BCUT2D eigenvalue weighted by Gasteiger charge is -2.17. The molecule has 0 amide bonds. The van der Waals surface area contributed by atoms with Crippen LogP contribution in [-0.4, -0.2) is 24.2 Å². The second kappa shape index (κ2) is 8.23. The summed E-state index contributed by atoms with van der Waals surface area (Å²) in [5.41, 5.74) is 2.34. The standard InChI is InChI=1S/C15H23F2NO/c1-3-4-5-12-6-8-13(9-7-12)11(2)18-10-14(19)15(16)17/h6-9,11,14-15,18-19H,3-5,10H2,1-2H3. The van der Waals surface area contributed by atoms with Crippen molar-refractivity contribution in [2.45, 2.75) is 51.7 Å². The molecule has 2 N–H and O–H groups in total. The number of hydrogen-bond acceptors (Lipinski definition) is 2. The van der Waals surface area contributed by atoms with Gasteiger partial charge in [0.1, 0.15) is 6.10 Å². The molecule has 0 heterocycles. The molecule has 2 nitrogen and oxygen atoms in total. The predicted molar refractivity (Wildman–Crippen MR) is 73.5 cm³/mol. The van der Waals surface area contributed by atoms with Gasteiger partial charge in [-0.1, -0.05) is 37.6 Å². The van der Waals surface area contributed by atoms with Crippen molar-refractivity contribution in [3.63, 3.8) is 0 Å². The van der Waals surface area contributed by atoms with Gasteiger partial charge in [-0.3, -0.25) is 0 Å². The molecule has 19 heavy (non-hydrogen) atoms. The first kappa shape index (κ1) is 16.1. The smallest absolute Gasteiger partial charge is 0.265 e. The number of aryl methyl sites for hydroxylation is 1. The maximum Gasteiger partial charge on any atom is 0.265 e. The second-order valence-electron chi connectivity index (χ2n) is 4.88. The van der Waals surface area contributed by atoms with E-state index in [2.05, 4.69) is 24.4 Å². The largest absolute Gasteiger partial charge is 0.386 e. The van der Waals surface area contributed by atoms with Gasteiger partial charge in [0, 0.05) is 12.6 Å². The van der Waals surface area contributed by atoms with Gasteiger partial charge in [0.05, 0.1) is 0 Å². The quantitative estimate of drug-likeness (QED) is 0.760. The number of aliphatic hydroxyl groups is 1. The fraction of sp³-hybridized carbons (Fsp3) is 0.600. The number of hydrogen-bond donors (Lipinski definition) is 2. The monoisotopic (exact) mass is 271 g/mol. The molecular formula is C15H23F2NO. The Bertz CT molecular complexity index is 354. The number of halogens is 2. The third-order valence-corrected chi connectivity index (χ3v) is 3.22. The highest BCUT2D eigenvalue weighted by Gasteiger charge is 2.17. The Morgan fingerprint density at radius 1 is 1.21 bits per heavy atom. The fourth-order valence-corrected chi connectivity index (χ4v) is 1.86. The van der Waals surface area contributed by atoms with Crippen LogP contribution in [0.4, 0.5) is 8.78 Å². The molecule has 0 spiro atoms. The van der Waals surface area contributed by atoms with Gasteiger partial charge < -0.3 is 10.4 Å². The fourth-order valence-electron chi connectivity index (χ4n) is 1.86. The van der Waals surface area contributed by atoms with E-state index in [0.29, 0.717) is 0 Å². The van der Waals surface area contributed by atoms with Crippen molar-refractivity contribution < 1.29 is 13.9 Å². The molecule has 1 aromatic carbocycles. The van der Waals surface area contributed by atoms with Crippen LogP contribution in [0.3, 0.4) is 0 Å². The van der Waals surface area contributed by atoms with Gasteiger partial charge in [-0.25, -0.2) is 8.78 Å². The van der Waals surface area contributed by atoms with E-state index in [9.17, 15) is 8.78 Å². The zero-order chi connectivity index (χ0) is 14.3. The zero-order valence-electron chi connectivity index (χ0n) is 11.6. The minimum atomic E-state index is -2.70. The van der Waals surface area contributed by atoms with Gasteiger partial charge in [0.25, 0.3) is 6.43 Å². The second-order valence-corrected chi connectivity index (χ2v) is 4.88. The summed E-state index contributed by atoms with van der Waals surface area (Å²) >= 11 is 0. The molecule has 4 heteroatoms. The van der Waals surface area contributed by atoms with Crippen LogP contribution in [0.25, 0.3) is 0 Å². The Labute approximate surface area is 113 Å². The number of alkyl halides is 2. The third-order valence-electron chi connectivity index (χ3n) is 3.22. The van der Waals surface area contributed by atoms with Crippen molar-refractivity contribution in [2.24, 2.45) is 0 Å². The van der Waals surface area contributed by atoms with Crippen molar-refractivity contribution in [1.29, 1.82) is 0 Å². The lowest BCUT2D eigenvalue weighted by molar-refractivity contribution is -0.00439. The maximum absolute atomic E-state index is 12.2. The van der Waals surface area contributed by atoms with Crippen LogP contribution in [0.15, 0.2) is 24.3 Å². The van der Waals surface area contributed by atoms with E-state index in [0.717, 1.165) is 12.0 Å². The van der Waals surface area contributed by atoms with Crippen LogP contribution >= 0.6 is 0 Å². The van der Waals surface area contributed by atoms with Crippen LogP contribution < -0.4 is 5.32 Å². The molecule has 0 aromatic heterocycles. The van der Waals surface area contributed by atoms with Crippen LogP contribution in [0.5, 0.6) is 0 Å². The highest BCUT2D eigenvalue weighted by Crippen LogP contribution is 2.15. The summed E-state index contributed by atoms with van der Waals surface area (Å²) in [4.78, 5) is 0. The summed E-state index contributed by atoms with van der Waals surface area (Å²) in [5.74, 6) is 0. The van der Waals surface area contributed by atoms with Gasteiger partial charge in [-0.15, -0.1) is 0 Å². The zero-order valence-corrected chi connectivity index (χ0v) is 11.6. The minimum Gasteiger partial charge on any atom is -0.386 e. The lowest BCUT2D eigenvalue weighted by Crippen LogP contribution is -2.33. The van der Waals surface area contributed by atoms with Crippen molar-refractivity contribution in [3.05, 3.63) is 35.4 Å². The first-order valence-corrected chi connectivity index (χ1v) is 6.83. The normalized spacial score (nSPS) is 14.6. The molecule has 0 aliphatic carbocycles. The predicted octanol–water partition coefficient (Wildman–Crippen LogP) is 3.31. The van der Waals surface area contributed by atoms with Gasteiger partial charge >= 0.3 is 0 Å². The third kappa shape index (κ3) is 5.66. The number of aliphatic hydroxyl groups excluding tert-OH is 1. The number of unbranched alkanes of at least 4 members (excludes halogenated alkanes) is 1. The maximum atomic E-state index is 12.2. The van der Waals surface area contributed by atoms with E-state index < -0.39 is 12.5 Å². The first-order chi connectivity index (χ1) is 9.04. The van der Waals surface area contributed by atoms with Gasteiger partial charge in [-0.2, -0.15) is 0 Å². The molecule has 0 saturated carbocycles. The van der Waals surface area contributed by atoms with E-state index in [-0.39, 0.29) is 12.6 Å². The summed E-state index contributed by atoms with van der Waals surface area (Å²) in [5, 5.41) is 12.0. The summed E-state index contributed by atoms with van der Waals surface area (Å²) in [6, 6.07) is 8.13. The van der Waals surface area contributed by atoms with Crippen LogP contribution in [0.1, 0.15) is 43.9 Å². The Morgan fingerprint density at radius 2 is 1.84 bits per heavy atom. The van der Waals surface area contributed by atoms with E-state index in [4.69, 9.17) is 5.11 Å². The van der Waals surface area contributed by atoms with Gasteiger partial charge in [0.15, 0.2) is 0 Å². The molecule has 0 bridgehead atoms. The summed E-state index contributed by atoms with van der Waals surface area (Å²) < 4.78 is 24.3. The van der Waals surface area contributed by atoms with Gasteiger partial charge in [-0.05, 0) is 30.9 Å². The van der Waals surface area contributed by atoms with E-state index >= 15 is 0 Å². The molecule has 0 aliphatic heterocycles. The minimum absolute atomic E-state index is 0.0476. The molecule has 1 rings (SSSR count). The molecule has 108 valence electrons. The Hall–Kier alpha value is -1.00. The average Bonchev–Trinajstić information content (AvgIpc) is 2.42. The molecular weight excluding hydrogens is 248 g/mol. The Morgan fingerprint density at radius 3 is 2.37 bits per heavy atom. The van der Waals surface area contributed by atoms with Crippen molar-refractivity contribution in [1.82, 2.24) is 5.32 Å². The van der Waals surface area contributed by atoms with Crippen molar-refractivity contribution >= 4 is 0 Å². The van der Waals surface area contributed by atoms with Crippen LogP contribution in [0, 0.1) is 0 Å². The first-order valence-electron chi connectivity index (χ1n) is 6.83. The van der Waals surface area contributed by atoms with Gasteiger partial charge in [0.2, 0.25) is 0 Å². The highest BCUT2D eigenvalue weighted by molar-refractivity contribution is 5.24. The molecule has 0 radical (unpaired) electrons. The number of rotatable bonds is 8. The summed E-state index contributed by atoms with van der Waals surface area (Å²) in [6.45, 7) is 3.96. The molecule has 2 unspecified atom stereocenters. The van der Waals surface area contributed by atoms with Crippen LogP contribution in [0.2, 0.25) is 0 Å². The molecule has 0 aliphatic rings. The van der Waals surface area contributed by atoms with E-state index in [1.165, 1.54) is 18.4 Å². The molecule has 0 fully saturated rings. The van der Waals surface area contributed by atoms with E-state index in [1.54, 1.807) is 0 Å². The highest BCUT2D eigenvalue weighted by atomic mass is 19.3. The number of benzene rings is 1. The number of nitrogens with one attached hydrogen (secondary N) is 1. The van der Waals surface area contributed by atoms with Crippen molar-refractivity contribution in [2.75, 3.05) is 6.54 Å².